The predicted molar refractivity (Wildman–Crippen MR) is 103 cm³/mol. The second-order valence-corrected chi connectivity index (χ2v) is 6.13. The fourth-order valence-corrected chi connectivity index (χ4v) is 2.76. The summed E-state index contributed by atoms with van der Waals surface area (Å²) in [6.45, 7) is 0.552. The molecule has 5 nitrogen and oxygen atoms in total. The Balaban J connectivity index is 0.00000192. The molecule has 2 aliphatic carbocycles. The number of ether oxygens (including phenoxy) is 2. The number of nitrogens with zero attached hydrogens (tertiary/aromatic N) is 1. The molecule has 0 amide bonds. The van der Waals surface area contributed by atoms with Crippen LogP contribution >= 0.6 is 24.0 Å². The van der Waals surface area contributed by atoms with Crippen molar-refractivity contribution in [2.45, 2.75) is 57.2 Å². The molecule has 3 N–H and O–H groups in total. The minimum atomic E-state index is 0. The SMILES string of the molecule is COc1ccc(CN=C(N)NC2CC2)cc1OC1CCCC1.I. The molecule has 0 spiro atoms. The van der Waals surface area contributed by atoms with Gasteiger partial charge in [-0.3, -0.25) is 0 Å². The molecule has 0 saturated heterocycles. The molecule has 1 aromatic carbocycles. The standard InChI is InChI=1S/C17H25N3O2.HI/c1-21-15-9-6-12(11-19-17(18)20-13-7-8-13)10-16(15)22-14-4-2-3-5-14;/h6,9-10,13-14H,2-5,7-8,11H2,1H3,(H3,18,19,20);1H. The van der Waals surface area contributed by atoms with E-state index in [4.69, 9.17) is 15.2 Å². The summed E-state index contributed by atoms with van der Waals surface area (Å²) in [5.41, 5.74) is 6.95. The Bertz CT molecular complexity index is 541. The minimum absolute atomic E-state index is 0. The van der Waals surface area contributed by atoms with Crippen LogP contribution in [0.4, 0.5) is 0 Å². The molecule has 0 atom stereocenters. The topological polar surface area (TPSA) is 68.9 Å². The minimum Gasteiger partial charge on any atom is -0.493 e. The monoisotopic (exact) mass is 431 g/mol. The molecular weight excluding hydrogens is 405 g/mol. The Labute approximate surface area is 155 Å². The van der Waals surface area contributed by atoms with Crippen LogP contribution in [0.3, 0.4) is 0 Å². The average molecular weight is 431 g/mol. The van der Waals surface area contributed by atoms with E-state index in [2.05, 4.69) is 10.3 Å². The molecule has 0 unspecified atom stereocenters. The Morgan fingerprint density at radius 3 is 2.61 bits per heavy atom. The first kappa shape index (κ1) is 18.2. The third kappa shape index (κ3) is 5.44. The average Bonchev–Trinajstić information content (AvgIpc) is 3.18. The lowest BCUT2D eigenvalue weighted by atomic mass is 10.2. The first-order valence-electron chi connectivity index (χ1n) is 8.14. The molecule has 2 aliphatic rings. The lowest BCUT2D eigenvalue weighted by Crippen LogP contribution is -2.33. The predicted octanol–water partition coefficient (Wildman–Crippen LogP) is 3.20. The zero-order valence-electron chi connectivity index (χ0n) is 13.6. The van der Waals surface area contributed by atoms with Gasteiger partial charge in [0.05, 0.1) is 19.8 Å². The van der Waals surface area contributed by atoms with Gasteiger partial charge in [-0.2, -0.15) is 0 Å². The van der Waals surface area contributed by atoms with Crippen molar-refractivity contribution in [2.24, 2.45) is 10.7 Å². The Morgan fingerprint density at radius 2 is 1.96 bits per heavy atom. The maximum atomic E-state index is 6.10. The molecule has 1 aromatic rings. The molecule has 6 heteroatoms. The molecule has 23 heavy (non-hydrogen) atoms. The lowest BCUT2D eigenvalue weighted by molar-refractivity contribution is 0.200. The van der Waals surface area contributed by atoms with Crippen LogP contribution in [0.25, 0.3) is 0 Å². The first-order valence-corrected chi connectivity index (χ1v) is 8.14. The van der Waals surface area contributed by atoms with Gasteiger partial charge in [-0.15, -0.1) is 24.0 Å². The van der Waals surface area contributed by atoms with Gasteiger partial charge in [-0.25, -0.2) is 4.99 Å². The third-order valence-electron chi connectivity index (χ3n) is 4.19. The van der Waals surface area contributed by atoms with Gasteiger partial charge >= 0.3 is 0 Å². The van der Waals surface area contributed by atoms with Crippen LogP contribution in [0, 0.1) is 0 Å². The Hall–Kier alpha value is -1.18. The summed E-state index contributed by atoms with van der Waals surface area (Å²) in [4.78, 5) is 4.39. The second-order valence-electron chi connectivity index (χ2n) is 6.13. The summed E-state index contributed by atoms with van der Waals surface area (Å²) >= 11 is 0. The normalized spacial score (nSPS) is 18.4. The van der Waals surface area contributed by atoms with Gasteiger partial charge in [-0.1, -0.05) is 6.07 Å². The van der Waals surface area contributed by atoms with Crippen LogP contribution in [0.2, 0.25) is 0 Å². The largest absolute Gasteiger partial charge is 0.493 e. The van der Waals surface area contributed by atoms with Crippen LogP contribution in [0.5, 0.6) is 11.5 Å². The van der Waals surface area contributed by atoms with Crippen LogP contribution < -0.4 is 20.5 Å². The Kier molecular flexibility index (Phi) is 6.80. The number of benzene rings is 1. The van der Waals surface area contributed by atoms with Gasteiger partial charge in [0.1, 0.15) is 0 Å². The fraction of sp³-hybridized carbons (Fsp3) is 0.588. The smallest absolute Gasteiger partial charge is 0.189 e. The first-order chi connectivity index (χ1) is 10.7. The van der Waals surface area contributed by atoms with Crippen molar-refractivity contribution in [3.05, 3.63) is 23.8 Å². The van der Waals surface area contributed by atoms with E-state index in [1.165, 1.54) is 25.7 Å². The maximum Gasteiger partial charge on any atom is 0.189 e. The van der Waals surface area contributed by atoms with Crippen molar-refractivity contribution in [2.75, 3.05) is 7.11 Å². The van der Waals surface area contributed by atoms with Crippen molar-refractivity contribution in [3.8, 4) is 11.5 Å². The van der Waals surface area contributed by atoms with E-state index in [0.29, 0.717) is 24.7 Å². The van der Waals surface area contributed by atoms with Crippen molar-refractivity contribution in [1.82, 2.24) is 5.32 Å². The van der Waals surface area contributed by atoms with E-state index in [0.717, 1.165) is 29.9 Å². The van der Waals surface area contributed by atoms with Crippen molar-refractivity contribution < 1.29 is 9.47 Å². The quantitative estimate of drug-likeness (QED) is 0.413. The number of guanidine groups is 1. The summed E-state index contributed by atoms with van der Waals surface area (Å²) in [7, 11) is 1.67. The van der Waals surface area contributed by atoms with Gasteiger partial charge in [0.15, 0.2) is 17.5 Å². The number of hydrogen-bond acceptors (Lipinski definition) is 3. The zero-order chi connectivity index (χ0) is 15.4. The second kappa shape index (κ2) is 8.61. The van der Waals surface area contributed by atoms with Gasteiger partial charge in [-0.05, 0) is 56.2 Å². The summed E-state index contributed by atoms with van der Waals surface area (Å²) in [5, 5.41) is 3.19. The fourth-order valence-electron chi connectivity index (χ4n) is 2.76. The van der Waals surface area contributed by atoms with E-state index in [1.54, 1.807) is 7.11 Å². The van der Waals surface area contributed by atoms with Gasteiger partial charge in [0, 0.05) is 6.04 Å². The molecule has 2 saturated carbocycles. The molecule has 0 heterocycles. The molecule has 2 fully saturated rings. The summed E-state index contributed by atoms with van der Waals surface area (Å²) in [6, 6.07) is 6.50. The molecule has 3 rings (SSSR count). The summed E-state index contributed by atoms with van der Waals surface area (Å²) < 4.78 is 11.5. The number of rotatable bonds is 6. The van der Waals surface area contributed by atoms with E-state index in [-0.39, 0.29) is 24.0 Å². The Morgan fingerprint density at radius 1 is 1.22 bits per heavy atom. The number of methoxy groups -OCH3 is 1. The zero-order valence-corrected chi connectivity index (χ0v) is 15.9. The van der Waals surface area contributed by atoms with Gasteiger partial charge < -0.3 is 20.5 Å². The van der Waals surface area contributed by atoms with Gasteiger partial charge in [0.25, 0.3) is 0 Å². The van der Waals surface area contributed by atoms with Crippen molar-refractivity contribution >= 4 is 29.9 Å². The van der Waals surface area contributed by atoms with Gasteiger partial charge in [0.2, 0.25) is 0 Å². The van der Waals surface area contributed by atoms with Crippen LogP contribution in [0.15, 0.2) is 23.2 Å². The number of nitrogens with one attached hydrogen (secondary N) is 1. The van der Waals surface area contributed by atoms with E-state index < -0.39 is 0 Å². The van der Waals surface area contributed by atoms with Crippen LogP contribution in [0.1, 0.15) is 44.1 Å². The van der Waals surface area contributed by atoms with Crippen molar-refractivity contribution in [1.29, 1.82) is 0 Å². The highest BCUT2D eigenvalue weighted by Gasteiger charge is 2.21. The third-order valence-corrected chi connectivity index (χ3v) is 4.19. The highest BCUT2D eigenvalue weighted by molar-refractivity contribution is 14.0. The maximum absolute atomic E-state index is 6.10. The lowest BCUT2D eigenvalue weighted by Gasteiger charge is -2.16. The van der Waals surface area contributed by atoms with Crippen LogP contribution in [-0.2, 0) is 6.54 Å². The number of nitrogens with two attached hydrogens (primary N) is 1. The highest BCUT2D eigenvalue weighted by Crippen LogP contribution is 2.32. The highest BCUT2D eigenvalue weighted by atomic mass is 127. The van der Waals surface area contributed by atoms with Crippen LogP contribution in [-0.4, -0.2) is 25.2 Å². The van der Waals surface area contributed by atoms with E-state index in [1.807, 2.05) is 18.2 Å². The molecule has 128 valence electrons. The summed E-state index contributed by atoms with van der Waals surface area (Å²) in [6.07, 6.45) is 7.46. The number of aliphatic imine (C=N–C) groups is 1. The number of halogens is 1. The number of hydrogen-bond donors (Lipinski definition) is 2. The molecule has 0 aliphatic heterocycles. The van der Waals surface area contributed by atoms with E-state index in [9.17, 15) is 0 Å². The van der Waals surface area contributed by atoms with Crippen molar-refractivity contribution in [3.63, 3.8) is 0 Å². The summed E-state index contributed by atoms with van der Waals surface area (Å²) in [5.74, 6) is 2.12. The molecule has 0 aromatic heterocycles. The molecule has 0 radical (unpaired) electrons. The van der Waals surface area contributed by atoms with E-state index >= 15 is 0 Å². The molecular formula is C17H26IN3O2. The molecule has 0 bridgehead atoms.